The predicted molar refractivity (Wildman–Crippen MR) is 121 cm³/mol. The van der Waals surface area contributed by atoms with E-state index in [-0.39, 0.29) is 6.42 Å². The number of alkyl halides is 3. The number of aromatic nitrogens is 1. The Morgan fingerprint density at radius 2 is 1.73 bits per heavy atom. The number of amides is 1. The van der Waals surface area contributed by atoms with Gasteiger partial charge in [-0.15, -0.1) is 11.3 Å². The van der Waals surface area contributed by atoms with Gasteiger partial charge in [-0.1, -0.05) is 54.6 Å². The van der Waals surface area contributed by atoms with Crippen molar-refractivity contribution >= 4 is 22.4 Å². The van der Waals surface area contributed by atoms with Crippen molar-refractivity contribution in [2.45, 2.75) is 12.6 Å². The molecule has 0 atom stereocenters. The number of halogens is 3. The van der Waals surface area contributed by atoms with E-state index in [1.165, 1.54) is 23.6 Å². The van der Waals surface area contributed by atoms with Gasteiger partial charge in [0.15, 0.2) is 5.13 Å². The molecule has 0 bridgehead atoms. The number of benzene rings is 3. The molecular weight excluding hydrogens is 447 g/mol. The second kappa shape index (κ2) is 9.27. The number of nitriles is 1. The first-order valence-electron chi connectivity index (χ1n) is 9.86. The summed E-state index contributed by atoms with van der Waals surface area (Å²) in [4.78, 5) is 17.9. The maximum absolute atomic E-state index is 13.0. The van der Waals surface area contributed by atoms with E-state index in [2.05, 4.69) is 16.4 Å². The Kier molecular flexibility index (Phi) is 6.24. The molecule has 0 aliphatic rings. The minimum Gasteiger partial charge on any atom is -0.298 e. The number of carbonyl (C=O) groups is 1. The third-order valence-corrected chi connectivity index (χ3v) is 5.83. The summed E-state index contributed by atoms with van der Waals surface area (Å²) in [7, 11) is 0. The number of hydrogen-bond acceptors (Lipinski definition) is 4. The summed E-state index contributed by atoms with van der Waals surface area (Å²) >= 11 is 1.20. The Bertz CT molecular complexity index is 1360. The molecule has 164 valence electrons. The van der Waals surface area contributed by atoms with Crippen molar-refractivity contribution in [3.63, 3.8) is 0 Å². The lowest BCUT2D eigenvalue weighted by molar-refractivity contribution is -0.137. The SMILES string of the molecule is N#Cc1ccccc1-c1ccccc1C(=O)Nc1ncc(Cc2cccc(C(F)(F)F)c2)s1. The van der Waals surface area contributed by atoms with Crippen LogP contribution in [-0.2, 0) is 12.6 Å². The van der Waals surface area contributed by atoms with Crippen LogP contribution in [0, 0.1) is 11.3 Å². The van der Waals surface area contributed by atoms with E-state index in [0.717, 1.165) is 12.1 Å². The number of hydrogen-bond donors (Lipinski definition) is 1. The molecule has 8 heteroatoms. The van der Waals surface area contributed by atoms with E-state index in [1.54, 1.807) is 54.6 Å². The molecule has 0 aliphatic carbocycles. The van der Waals surface area contributed by atoms with Gasteiger partial charge in [-0.05, 0) is 29.3 Å². The maximum atomic E-state index is 13.0. The first-order chi connectivity index (χ1) is 15.8. The van der Waals surface area contributed by atoms with Gasteiger partial charge >= 0.3 is 6.18 Å². The molecule has 1 N–H and O–H groups in total. The molecule has 0 spiro atoms. The normalized spacial score (nSPS) is 11.1. The van der Waals surface area contributed by atoms with Crippen LogP contribution in [0.1, 0.15) is 31.9 Å². The molecule has 1 aromatic heterocycles. The van der Waals surface area contributed by atoms with Crippen LogP contribution in [0.4, 0.5) is 18.3 Å². The van der Waals surface area contributed by atoms with Gasteiger partial charge in [-0.3, -0.25) is 10.1 Å². The fourth-order valence-electron chi connectivity index (χ4n) is 3.40. The van der Waals surface area contributed by atoms with Gasteiger partial charge in [0.25, 0.3) is 5.91 Å². The quantitative estimate of drug-likeness (QED) is 0.365. The zero-order valence-electron chi connectivity index (χ0n) is 17.1. The molecule has 0 fully saturated rings. The molecule has 0 aliphatic heterocycles. The van der Waals surface area contributed by atoms with Crippen LogP contribution in [0.3, 0.4) is 0 Å². The van der Waals surface area contributed by atoms with Gasteiger partial charge in [0, 0.05) is 28.6 Å². The molecular formula is C25H16F3N3OS. The highest BCUT2D eigenvalue weighted by Gasteiger charge is 2.30. The highest BCUT2D eigenvalue weighted by Crippen LogP contribution is 2.31. The number of carbonyl (C=O) groups excluding carboxylic acids is 1. The Morgan fingerprint density at radius 3 is 2.48 bits per heavy atom. The zero-order valence-corrected chi connectivity index (χ0v) is 17.9. The molecule has 3 aromatic carbocycles. The summed E-state index contributed by atoms with van der Waals surface area (Å²) in [6, 6.07) is 21.2. The zero-order chi connectivity index (χ0) is 23.4. The second-order valence-corrected chi connectivity index (χ2v) is 8.28. The van der Waals surface area contributed by atoms with E-state index < -0.39 is 17.6 Å². The summed E-state index contributed by atoms with van der Waals surface area (Å²) in [5.41, 5.74) is 1.91. The molecule has 1 heterocycles. The van der Waals surface area contributed by atoms with Crippen molar-refractivity contribution < 1.29 is 18.0 Å². The Labute approximate surface area is 192 Å². The lowest BCUT2D eigenvalue weighted by Gasteiger charge is -2.10. The number of rotatable bonds is 5. The fraction of sp³-hybridized carbons (Fsp3) is 0.0800. The highest BCUT2D eigenvalue weighted by atomic mass is 32.1. The predicted octanol–water partition coefficient (Wildman–Crippen LogP) is 6.54. The first-order valence-corrected chi connectivity index (χ1v) is 10.7. The molecule has 1 amide bonds. The van der Waals surface area contributed by atoms with Crippen LogP contribution in [0.15, 0.2) is 79.0 Å². The Balaban J connectivity index is 1.53. The summed E-state index contributed by atoms with van der Waals surface area (Å²) in [5, 5.41) is 12.5. The molecule has 33 heavy (non-hydrogen) atoms. The van der Waals surface area contributed by atoms with Crippen LogP contribution in [0.25, 0.3) is 11.1 Å². The van der Waals surface area contributed by atoms with Crippen molar-refractivity contribution in [2.75, 3.05) is 5.32 Å². The van der Waals surface area contributed by atoms with Gasteiger partial charge < -0.3 is 0 Å². The van der Waals surface area contributed by atoms with E-state index in [4.69, 9.17) is 0 Å². The molecule has 4 rings (SSSR count). The van der Waals surface area contributed by atoms with Crippen LogP contribution < -0.4 is 5.32 Å². The van der Waals surface area contributed by atoms with E-state index in [0.29, 0.717) is 37.8 Å². The summed E-state index contributed by atoms with van der Waals surface area (Å²) in [6.07, 6.45) is -2.60. The smallest absolute Gasteiger partial charge is 0.298 e. The number of thiazole rings is 1. The summed E-state index contributed by atoms with van der Waals surface area (Å²) in [6.45, 7) is 0. The third-order valence-electron chi connectivity index (χ3n) is 4.92. The lowest BCUT2D eigenvalue weighted by Crippen LogP contribution is -2.13. The average molecular weight is 463 g/mol. The molecule has 4 nitrogen and oxygen atoms in total. The van der Waals surface area contributed by atoms with Crippen molar-refractivity contribution in [1.29, 1.82) is 5.26 Å². The Morgan fingerprint density at radius 1 is 1.00 bits per heavy atom. The Hall–Kier alpha value is -3.96. The van der Waals surface area contributed by atoms with Gasteiger partial charge in [-0.25, -0.2) is 4.98 Å². The molecule has 4 aromatic rings. The first kappa shape index (κ1) is 22.2. The van der Waals surface area contributed by atoms with Crippen molar-refractivity contribution in [3.05, 3.63) is 106 Å². The van der Waals surface area contributed by atoms with Crippen molar-refractivity contribution in [1.82, 2.24) is 4.98 Å². The minimum atomic E-state index is -4.40. The fourth-order valence-corrected chi connectivity index (χ4v) is 4.24. The molecule has 0 saturated carbocycles. The molecule has 0 radical (unpaired) electrons. The van der Waals surface area contributed by atoms with Crippen LogP contribution in [0.5, 0.6) is 0 Å². The van der Waals surface area contributed by atoms with E-state index in [1.807, 2.05) is 0 Å². The van der Waals surface area contributed by atoms with Gasteiger partial charge in [0.2, 0.25) is 0 Å². The summed E-state index contributed by atoms with van der Waals surface area (Å²) in [5.74, 6) is -0.390. The topological polar surface area (TPSA) is 65.8 Å². The van der Waals surface area contributed by atoms with Crippen LogP contribution in [-0.4, -0.2) is 10.9 Å². The molecule has 0 saturated heterocycles. The largest absolute Gasteiger partial charge is 0.416 e. The van der Waals surface area contributed by atoms with Gasteiger partial charge in [0.05, 0.1) is 17.2 Å². The van der Waals surface area contributed by atoms with Crippen LogP contribution >= 0.6 is 11.3 Å². The highest BCUT2D eigenvalue weighted by molar-refractivity contribution is 7.15. The maximum Gasteiger partial charge on any atom is 0.416 e. The standard InChI is InChI=1S/C25H16F3N3OS/c26-25(27,28)18-8-5-6-16(12-18)13-19-15-30-24(33-19)31-23(32)22-11-4-3-10-21(22)20-9-2-1-7-17(20)14-29/h1-12,15H,13H2,(H,30,31,32). The lowest BCUT2D eigenvalue weighted by atomic mass is 9.95. The minimum absolute atomic E-state index is 0.267. The molecule has 0 unspecified atom stereocenters. The van der Waals surface area contributed by atoms with E-state index >= 15 is 0 Å². The number of anilines is 1. The number of nitrogens with zero attached hydrogens (tertiary/aromatic N) is 2. The van der Waals surface area contributed by atoms with Crippen molar-refractivity contribution in [3.8, 4) is 17.2 Å². The summed E-state index contributed by atoms with van der Waals surface area (Å²) < 4.78 is 38.8. The number of nitrogens with one attached hydrogen (secondary N) is 1. The monoisotopic (exact) mass is 463 g/mol. The van der Waals surface area contributed by atoms with Gasteiger partial charge in [-0.2, -0.15) is 18.4 Å². The van der Waals surface area contributed by atoms with Crippen LogP contribution in [0.2, 0.25) is 0 Å². The van der Waals surface area contributed by atoms with E-state index in [9.17, 15) is 23.2 Å². The van der Waals surface area contributed by atoms with Crippen molar-refractivity contribution in [2.24, 2.45) is 0 Å². The third kappa shape index (κ3) is 5.10. The average Bonchev–Trinajstić information content (AvgIpc) is 3.25. The van der Waals surface area contributed by atoms with Gasteiger partial charge in [0.1, 0.15) is 0 Å². The second-order valence-electron chi connectivity index (χ2n) is 7.16.